The second-order valence-electron chi connectivity index (χ2n) is 11.3. The Bertz CT molecular complexity index is 1510. The first-order valence-electron chi connectivity index (χ1n) is 12.9. The van der Waals surface area contributed by atoms with Crippen LogP contribution in [0.1, 0.15) is 43.9 Å². The van der Waals surface area contributed by atoms with Gasteiger partial charge in [0.2, 0.25) is 5.91 Å². The van der Waals surface area contributed by atoms with Crippen LogP contribution < -0.4 is 10.6 Å². The Hall–Kier alpha value is -3.86. The smallest absolute Gasteiger partial charge is 0.230 e. The van der Waals surface area contributed by atoms with E-state index in [0.717, 1.165) is 58.0 Å². The number of fused-ring (bicyclic) bond motifs is 1. The number of hydrogen-bond acceptors (Lipinski definition) is 3. The van der Waals surface area contributed by atoms with Gasteiger partial charge in [-0.3, -0.25) is 9.89 Å². The Morgan fingerprint density at radius 3 is 2.53 bits per heavy atom. The molecule has 3 aromatic carbocycles. The minimum absolute atomic E-state index is 0.138. The Morgan fingerprint density at radius 2 is 1.78 bits per heavy atom. The lowest BCUT2D eigenvalue weighted by Gasteiger charge is -2.27. The number of H-pyrrole nitrogens is 1. The number of rotatable bonds is 6. The number of aromatic nitrogens is 2. The zero-order valence-corrected chi connectivity index (χ0v) is 20.4. The predicted octanol–water partition coefficient (Wildman–Crippen LogP) is 7.24. The number of hydrogen-bond donors (Lipinski definition) is 3. The van der Waals surface area contributed by atoms with E-state index in [1.807, 2.05) is 48.5 Å². The van der Waals surface area contributed by atoms with E-state index >= 15 is 0 Å². The van der Waals surface area contributed by atoms with Crippen LogP contribution in [0, 0.1) is 22.7 Å². The van der Waals surface area contributed by atoms with Gasteiger partial charge >= 0.3 is 0 Å². The highest BCUT2D eigenvalue weighted by atomic mass is 16.2. The number of anilines is 3. The van der Waals surface area contributed by atoms with Crippen molar-refractivity contribution in [2.45, 2.75) is 32.6 Å². The molecule has 1 heterocycles. The molecule has 3 N–H and O–H groups in total. The fourth-order valence-corrected chi connectivity index (χ4v) is 7.39. The summed E-state index contributed by atoms with van der Waals surface area (Å²) in [6, 6.07) is 24.5. The van der Waals surface area contributed by atoms with E-state index in [0.29, 0.717) is 11.3 Å². The number of carbonyl (C=O) groups excluding carboxylic acids is 1. The molecule has 5 nitrogen and oxygen atoms in total. The number of nitrogens with zero attached hydrogens (tertiary/aromatic N) is 1. The summed E-state index contributed by atoms with van der Waals surface area (Å²) < 4.78 is 0. The highest BCUT2D eigenvalue weighted by molar-refractivity contribution is 5.97. The molecule has 5 heteroatoms. The van der Waals surface area contributed by atoms with Crippen LogP contribution in [0.25, 0.3) is 23.1 Å². The van der Waals surface area contributed by atoms with E-state index < -0.39 is 0 Å². The largest absolute Gasteiger partial charge is 0.355 e. The molecule has 0 radical (unpaired) electrons. The maximum Gasteiger partial charge on any atom is 0.230 e. The molecule has 4 saturated carbocycles. The maximum atomic E-state index is 13.4. The van der Waals surface area contributed by atoms with Gasteiger partial charge in [0.15, 0.2) is 0 Å². The molecule has 1 aromatic heterocycles. The molecular weight excluding hydrogens is 444 g/mol. The molecule has 4 aromatic rings. The zero-order chi connectivity index (χ0) is 24.3. The van der Waals surface area contributed by atoms with Gasteiger partial charge in [0.1, 0.15) is 0 Å². The third-order valence-electron chi connectivity index (χ3n) is 9.07. The summed E-state index contributed by atoms with van der Waals surface area (Å²) in [5, 5.41) is 15.5. The fraction of sp³-hybridized carbons (Fsp3) is 0.290. The molecule has 4 atom stereocenters. The van der Waals surface area contributed by atoms with Gasteiger partial charge in [-0.2, -0.15) is 5.10 Å². The summed E-state index contributed by atoms with van der Waals surface area (Å²) in [7, 11) is 0. The van der Waals surface area contributed by atoms with E-state index in [9.17, 15) is 4.79 Å². The molecule has 36 heavy (non-hydrogen) atoms. The Balaban J connectivity index is 1.06. The third kappa shape index (κ3) is 3.37. The first kappa shape index (κ1) is 21.4. The number of benzene rings is 3. The number of aromatic amines is 1. The van der Waals surface area contributed by atoms with Crippen LogP contribution in [-0.2, 0) is 4.79 Å². The molecule has 4 aliphatic rings. The van der Waals surface area contributed by atoms with E-state index in [4.69, 9.17) is 0 Å². The van der Waals surface area contributed by atoms with Crippen molar-refractivity contribution in [2.75, 3.05) is 10.6 Å². The minimum Gasteiger partial charge on any atom is -0.355 e. The SMILES string of the molecule is C[C@@]12C[C@H]3C[C@H]1C[C@@]3(C(=O)Nc1cccc(Nc3ccc4c(/C=C/c5ccccc5)n[nH]c4c3)c1)C2. The van der Waals surface area contributed by atoms with Gasteiger partial charge in [0.05, 0.1) is 16.6 Å². The summed E-state index contributed by atoms with van der Waals surface area (Å²) in [6.07, 6.45) is 8.71. The fourth-order valence-electron chi connectivity index (χ4n) is 7.39. The van der Waals surface area contributed by atoms with Crippen molar-refractivity contribution in [1.29, 1.82) is 0 Å². The average Bonchev–Trinajstić information content (AvgIpc) is 3.65. The van der Waals surface area contributed by atoms with Crippen molar-refractivity contribution in [3.63, 3.8) is 0 Å². The van der Waals surface area contributed by atoms with Crippen LogP contribution in [0.5, 0.6) is 0 Å². The quantitative estimate of drug-likeness (QED) is 0.276. The normalized spacial score (nSPS) is 27.9. The van der Waals surface area contributed by atoms with Gasteiger partial charge in [-0.25, -0.2) is 0 Å². The zero-order valence-electron chi connectivity index (χ0n) is 20.4. The molecule has 4 fully saturated rings. The standard InChI is InChI=1S/C31H30N4O/c1-30-17-22-14-21(30)18-31(22,19-30)29(36)33-24-9-5-8-23(15-24)32-25-11-12-26-27(34-35-28(26)16-25)13-10-20-6-3-2-4-7-20/h2-13,15-16,21-22,32H,14,17-19H2,1H3,(H,33,36)(H,34,35)/b13-10+/t21-,22+,30-,31+/m0/s1. The van der Waals surface area contributed by atoms with Gasteiger partial charge in [-0.1, -0.05) is 49.4 Å². The number of amides is 1. The Kier molecular flexibility index (Phi) is 4.65. The molecule has 0 aliphatic heterocycles. The van der Waals surface area contributed by atoms with Crippen molar-refractivity contribution in [3.8, 4) is 0 Å². The lowest BCUT2D eigenvalue weighted by molar-refractivity contribution is -0.126. The van der Waals surface area contributed by atoms with Crippen molar-refractivity contribution < 1.29 is 4.79 Å². The second kappa shape index (κ2) is 7.82. The van der Waals surface area contributed by atoms with Crippen molar-refractivity contribution in [1.82, 2.24) is 10.2 Å². The summed E-state index contributed by atoms with van der Waals surface area (Å²) in [6.45, 7) is 2.39. The highest BCUT2D eigenvalue weighted by Crippen LogP contribution is 2.75. The van der Waals surface area contributed by atoms with Crippen LogP contribution in [0.3, 0.4) is 0 Å². The number of nitrogens with one attached hydrogen (secondary N) is 3. The maximum absolute atomic E-state index is 13.4. The van der Waals surface area contributed by atoms with Gasteiger partial charge in [-0.15, -0.1) is 0 Å². The topological polar surface area (TPSA) is 69.8 Å². The van der Waals surface area contributed by atoms with Crippen LogP contribution >= 0.6 is 0 Å². The van der Waals surface area contributed by atoms with Gasteiger partial charge in [0.25, 0.3) is 0 Å². The van der Waals surface area contributed by atoms with Gasteiger partial charge < -0.3 is 10.6 Å². The van der Waals surface area contributed by atoms with Gasteiger partial charge in [0, 0.05) is 22.4 Å². The van der Waals surface area contributed by atoms with E-state index in [1.54, 1.807) is 0 Å². The molecule has 1 amide bonds. The summed E-state index contributed by atoms with van der Waals surface area (Å²) in [4.78, 5) is 13.4. The van der Waals surface area contributed by atoms with Crippen molar-refractivity contribution in [3.05, 3.63) is 84.1 Å². The van der Waals surface area contributed by atoms with Gasteiger partial charge in [-0.05, 0) is 91.0 Å². The lowest BCUT2D eigenvalue weighted by Crippen LogP contribution is -2.35. The van der Waals surface area contributed by atoms with E-state index in [1.165, 1.54) is 12.8 Å². The van der Waals surface area contributed by atoms with E-state index in [-0.39, 0.29) is 11.3 Å². The Labute approximate surface area is 211 Å². The molecular formula is C31H30N4O. The predicted molar refractivity (Wildman–Crippen MR) is 146 cm³/mol. The molecule has 4 aliphatic carbocycles. The average molecular weight is 475 g/mol. The number of carbonyl (C=O) groups is 1. The first-order valence-corrected chi connectivity index (χ1v) is 12.9. The van der Waals surface area contributed by atoms with Crippen LogP contribution in [-0.4, -0.2) is 16.1 Å². The highest BCUT2D eigenvalue weighted by Gasteiger charge is 2.71. The van der Waals surface area contributed by atoms with Crippen molar-refractivity contribution in [2.24, 2.45) is 22.7 Å². The first-order chi connectivity index (χ1) is 17.5. The molecule has 180 valence electrons. The molecule has 0 unspecified atom stereocenters. The molecule has 4 bridgehead atoms. The lowest BCUT2D eigenvalue weighted by atomic mass is 9.79. The van der Waals surface area contributed by atoms with Crippen molar-refractivity contribution >= 4 is 46.0 Å². The van der Waals surface area contributed by atoms with Crippen LogP contribution in [0.15, 0.2) is 72.8 Å². The summed E-state index contributed by atoms with van der Waals surface area (Å²) >= 11 is 0. The summed E-state index contributed by atoms with van der Waals surface area (Å²) in [5.41, 5.74) is 6.06. The monoisotopic (exact) mass is 474 g/mol. The van der Waals surface area contributed by atoms with Crippen LogP contribution in [0.4, 0.5) is 17.1 Å². The molecule has 0 spiro atoms. The van der Waals surface area contributed by atoms with E-state index in [2.05, 4.69) is 64.2 Å². The van der Waals surface area contributed by atoms with Crippen LogP contribution in [0.2, 0.25) is 0 Å². The summed E-state index contributed by atoms with van der Waals surface area (Å²) in [5.74, 6) is 1.54. The Morgan fingerprint density at radius 1 is 0.944 bits per heavy atom. The molecule has 8 rings (SSSR count). The second-order valence-corrected chi connectivity index (χ2v) is 11.3. The minimum atomic E-state index is -0.138. The molecule has 0 saturated heterocycles. The third-order valence-corrected chi connectivity index (χ3v) is 9.07.